The van der Waals surface area contributed by atoms with Crippen LogP contribution in [0.1, 0.15) is 24.1 Å². The minimum atomic E-state index is -1.01. The molecule has 2 amide bonds. The zero-order valence-corrected chi connectivity index (χ0v) is 14.8. The Morgan fingerprint density at radius 1 is 1.25 bits per heavy atom. The fraction of sp³-hybridized carbons (Fsp3) is 0.211. The first kappa shape index (κ1) is 17.8. The van der Waals surface area contributed by atoms with Crippen LogP contribution in [0.2, 0.25) is 0 Å². The summed E-state index contributed by atoms with van der Waals surface area (Å²) < 4.78 is 11.4. The van der Waals surface area contributed by atoms with E-state index >= 15 is 0 Å². The highest BCUT2D eigenvalue weighted by Gasteiger charge is 2.17. The third-order valence-corrected chi connectivity index (χ3v) is 4.81. The number of carbonyl (C=O) groups excluding carboxylic acids is 1. The van der Waals surface area contributed by atoms with Crippen LogP contribution in [-0.4, -0.2) is 28.4 Å². The van der Waals surface area contributed by atoms with Crippen molar-refractivity contribution < 1.29 is 9.00 Å². The van der Waals surface area contributed by atoms with Crippen molar-refractivity contribution in [3.63, 3.8) is 0 Å². The third-order valence-electron chi connectivity index (χ3n) is 3.88. The molecule has 0 fully saturated rings. The van der Waals surface area contributed by atoms with E-state index in [1.165, 1.54) is 0 Å². The molecule has 124 valence electrons. The number of rotatable bonds is 4. The number of nitrogens with one attached hydrogen (secondary N) is 1. The van der Waals surface area contributed by atoms with Gasteiger partial charge in [-0.3, -0.25) is 4.21 Å². The molecule has 0 saturated carbocycles. The maximum Gasteiger partial charge on any atom is 0.322 e. The summed E-state index contributed by atoms with van der Waals surface area (Å²) in [7, 11) is 0.724. The minimum absolute atomic E-state index is 0.125. The number of amides is 2. The first-order chi connectivity index (χ1) is 11.4. The Bertz CT molecular complexity index is 794. The Balaban J connectivity index is 2.08. The van der Waals surface area contributed by atoms with Gasteiger partial charge in [-0.2, -0.15) is 0 Å². The second kappa shape index (κ2) is 7.80. The molecule has 5 heteroatoms. The molecular formula is C19H20N2O2S. The van der Waals surface area contributed by atoms with Crippen LogP contribution >= 0.6 is 0 Å². The smallest absolute Gasteiger partial charge is 0.321 e. The van der Waals surface area contributed by atoms with Gasteiger partial charge in [-0.25, -0.2) is 4.79 Å². The van der Waals surface area contributed by atoms with E-state index in [2.05, 4.69) is 11.2 Å². The van der Waals surface area contributed by atoms with Crippen LogP contribution in [0.15, 0.2) is 53.4 Å². The first-order valence-corrected chi connectivity index (χ1v) is 9.02. The Morgan fingerprint density at radius 2 is 1.92 bits per heavy atom. The molecule has 0 aromatic heterocycles. The maximum absolute atomic E-state index is 12.4. The lowest BCUT2D eigenvalue weighted by Gasteiger charge is -2.25. The van der Waals surface area contributed by atoms with Gasteiger partial charge in [0.2, 0.25) is 0 Å². The molecule has 0 radical (unpaired) electrons. The van der Waals surface area contributed by atoms with E-state index in [1.807, 2.05) is 31.2 Å². The van der Waals surface area contributed by atoms with Crippen molar-refractivity contribution in [2.75, 3.05) is 18.6 Å². The molecule has 2 aromatic rings. The molecule has 0 heterocycles. The molecular weight excluding hydrogens is 320 g/mol. The minimum Gasteiger partial charge on any atom is -0.321 e. The summed E-state index contributed by atoms with van der Waals surface area (Å²) in [5, 5.41) is 2.84. The van der Waals surface area contributed by atoms with Crippen LogP contribution in [0.5, 0.6) is 0 Å². The highest BCUT2D eigenvalue weighted by atomic mass is 32.2. The SMILES string of the molecule is C#Cc1cccc(NC(=O)N(C)[C@H](C)c2ccc([S@](C)=O)cc2)c1. The number of benzene rings is 2. The Hall–Kier alpha value is -2.58. The normalized spacial score (nSPS) is 12.8. The monoisotopic (exact) mass is 340 g/mol. The van der Waals surface area contributed by atoms with E-state index < -0.39 is 10.8 Å². The van der Waals surface area contributed by atoms with Crippen molar-refractivity contribution in [1.29, 1.82) is 0 Å². The number of carbonyl (C=O) groups is 1. The topological polar surface area (TPSA) is 49.4 Å². The van der Waals surface area contributed by atoms with Crippen molar-refractivity contribution in [1.82, 2.24) is 4.90 Å². The average Bonchev–Trinajstić information content (AvgIpc) is 2.60. The largest absolute Gasteiger partial charge is 0.322 e. The Morgan fingerprint density at radius 3 is 2.50 bits per heavy atom. The summed E-state index contributed by atoms with van der Waals surface area (Å²) in [5.41, 5.74) is 2.34. The van der Waals surface area contributed by atoms with Crippen LogP contribution < -0.4 is 5.32 Å². The quantitative estimate of drug-likeness (QED) is 0.864. The molecule has 1 N–H and O–H groups in total. The van der Waals surface area contributed by atoms with Crippen LogP contribution in [0.3, 0.4) is 0 Å². The lowest BCUT2D eigenvalue weighted by atomic mass is 10.1. The first-order valence-electron chi connectivity index (χ1n) is 7.46. The van der Waals surface area contributed by atoms with Gasteiger partial charge in [-0.15, -0.1) is 6.42 Å². The van der Waals surface area contributed by atoms with E-state index in [-0.39, 0.29) is 12.1 Å². The molecule has 0 aliphatic rings. The molecule has 0 saturated heterocycles. The molecule has 2 aromatic carbocycles. The van der Waals surface area contributed by atoms with Gasteiger partial charge in [0.25, 0.3) is 0 Å². The summed E-state index contributed by atoms with van der Waals surface area (Å²) in [6.45, 7) is 1.94. The van der Waals surface area contributed by atoms with Gasteiger partial charge in [0.05, 0.1) is 6.04 Å². The predicted molar refractivity (Wildman–Crippen MR) is 98.3 cm³/mol. The zero-order chi connectivity index (χ0) is 17.7. The van der Waals surface area contributed by atoms with Crippen LogP contribution in [0.4, 0.5) is 10.5 Å². The lowest BCUT2D eigenvalue weighted by molar-refractivity contribution is 0.208. The summed E-state index contributed by atoms with van der Waals surface area (Å²) >= 11 is 0. The molecule has 0 aliphatic heterocycles. The van der Waals surface area contributed by atoms with Crippen LogP contribution in [0.25, 0.3) is 0 Å². The van der Waals surface area contributed by atoms with Gasteiger partial charge in [0.1, 0.15) is 0 Å². The predicted octanol–water partition coefficient (Wildman–Crippen LogP) is 3.63. The molecule has 0 unspecified atom stereocenters. The van der Waals surface area contributed by atoms with Crippen molar-refractivity contribution >= 4 is 22.5 Å². The van der Waals surface area contributed by atoms with E-state index in [0.717, 1.165) is 10.5 Å². The number of nitrogens with zero attached hydrogens (tertiary/aromatic N) is 1. The summed E-state index contributed by atoms with van der Waals surface area (Å²) in [5.74, 6) is 2.54. The van der Waals surface area contributed by atoms with Gasteiger partial charge in [0.15, 0.2) is 0 Å². The average molecular weight is 340 g/mol. The van der Waals surface area contributed by atoms with Crippen molar-refractivity contribution in [3.8, 4) is 12.3 Å². The fourth-order valence-corrected chi connectivity index (χ4v) is 2.76. The fourth-order valence-electron chi connectivity index (χ4n) is 2.24. The summed E-state index contributed by atoms with van der Waals surface area (Å²) in [4.78, 5) is 14.8. The van der Waals surface area contributed by atoms with E-state index in [0.29, 0.717) is 11.3 Å². The maximum atomic E-state index is 12.4. The number of hydrogen-bond acceptors (Lipinski definition) is 2. The van der Waals surface area contributed by atoms with Gasteiger partial charge in [-0.05, 0) is 42.8 Å². The summed E-state index contributed by atoms with van der Waals surface area (Å²) in [6.07, 6.45) is 7.01. The number of terminal acetylenes is 1. The number of urea groups is 1. The van der Waals surface area contributed by atoms with E-state index in [4.69, 9.17) is 6.42 Å². The van der Waals surface area contributed by atoms with E-state index in [1.54, 1.807) is 42.5 Å². The Kier molecular flexibility index (Phi) is 5.78. The van der Waals surface area contributed by atoms with Crippen molar-refractivity contribution in [2.45, 2.75) is 17.9 Å². The zero-order valence-electron chi connectivity index (χ0n) is 13.9. The number of anilines is 1. The highest BCUT2D eigenvalue weighted by molar-refractivity contribution is 7.84. The molecule has 2 rings (SSSR count). The molecule has 0 spiro atoms. The second-order valence-electron chi connectivity index (χ2n) is 5.47. The van der Waals surface area contributed by atoms with Gasteiger partial charge in [-0.1, -0.05) is 24.1 Å². The second-order valence-corrected chi connectivity index (χ2v) is 6.84. The molecule has 0 bridgehead atoms. The van der Waals surface area contributed by atoms with E-state index in [9.17, 15) is 9.00 Å². The van der Waals surface area contributed by atoms with Gasteiger partial charge in [0, 0.05) is 40.2 Å². The van der Waals surface area contributed by atoms with Crippen molar-refractivity contribution in [3.05, 3.63) is 59.7 Å². The number of hydrogen-bond donors (Lipinski definition) is 1. The van der Waals surface area contributed by atoms with Crippen LogP contribution in [-0.2, 0) is 10.8 Å². The Labute approximate surface area is 145 Å². The molecule has 2 atom stereocenters. The van der Waals surface area contributed by atoms with Gasteiger partial charge >= 0.3 is 6.03 Å². The third kappa shape index (κ3) is 4.24. The lowest BCUT2D eigenvalue weighted by Crippen LogP contribution is -2.33. The summed E-state index contributed by atoms with van der Waals surface area (Å²) in [6, 6.07) is 14.2. The van der Waals surface area contributed by atoms with Crippen LogP contribution in [0, 0.1) is 12.3 Å². The van der Waals surface area contributed by atoms with Crippen molar-refractivity contribution in [2.24, 2.45) is 0 Å². The standard InChI is InChI=1S/C19H20N2O2S/c1-5-15-7-6-8-17(13-15)20-19(22)21(3)14(2)16-9-11-18(12-10-16)24(4)23/h1,6-14H,2-4H3,(H,20,22)/t14-,24+/m1/s1. The van der Waals surface area contributed by atoms with Gasteiger partial charge < -0.3 is 10.2 Å². The molecule has 24 heavy (non-hydrogen) atoms. The highest BCUT2D eigenvalue weighted by Crippen LogP contribution is 2.21. The molecule has 4 nitrogen and oxygen atoms in total. The molecule has 0 aliphatic carbocycles.